The number of allylic oxidation sites excluding steroid dienone is 1. The standard InChI is InChI=1S/C15H26/c1-3-5-7-9-11-13-15-14-12-10-8-6-4-2/h3H,1,4-9,11,13-15H2,2H3. The summed E-state index contributed by atoms with van der Waals surface area (Å²) in [7, 11) is 0. The normalized spacial score (nSPS) is 9.40. The molecule has 0 atom stereocenters. The minimum absolute atomic E-state index is 1.09. The fraction of sp³-hybridized carbons (Fsp3) is 0.733. The molecule has 0 bridgehead atoms. The van der Waals surface area contributed by atoms with Gasteiger partial charge < -0.3 is 0 Å². The summed E-state index contributed by atoms with van der Waals surface area (Å²) < 4.78 is 0. The number of rotatable bonds is 9. The summed E-state index contributed by atoms with van der Waals surface area (Å²) in [5.41, 5.74) is 0. The van der Waals surface area contributed by atoms with Gasteiger partial charge in [-0.05, 0) is 25.7 Å². The third-order valence-electron chi connectivity index (χ3n) is 2.49. The van der Waals surface area contributed by atoms with Gasteiger partial charge in [-0.3, -0.25) is 0 Å². The molecular weight excluding hydrogens is 180 g/mol. The molecule has 86 valence electrons. The molecular formula is C15H26. The van der Waals surface area contributed by atoms with Crippen LogP contribution < -0.4 is 0 Å². The summed E-state index contributed by atoms with van der Waals surface area (Å²) in [6, 6.07) is 0. The minimum atomic E-state index is 1.09. The van der Waals surface area contributed by atoms with E-state index >= 15 is 0 Å². The Morgan fingerprint density at radius 3 is 2.13 bits per heavy atom. The maximum absolute atomic E-state index is 3.73. The fourth-order valence-corrected chi connectivity index (χ4v) is 1.47. The van der Waals surface area contributed by atoms with E-state index in [4.69, 9.17) is 0 Å². The molecule has 0 heteroatoms. The van der Waals surface area contributed by atoms with E-state index in [0.29, 0.717) is 0 Å². The maximum Gasteiger partial charge on any atom is 0.00886 e. The lowest BCUT2D eigenvalue weighted by molar-refractivity contribution is 0.625. The molecule has 0 aliphatic heterocycles. The van der Waals surface area contributed by atoms with Crippen molar-refractivity contribution in [3.63, 3.8) is 0 Å². The Balaban J connectivity index is 3.02. The highest BCUT2D eigenvalue weighted by atomic mass is 13.9. The van der Waals surface area contributed by atoms with Gasteiger partial charge in [0.1, 0.15) is 0 Å². The molecule has 0 aromatic carbocycles. The first kappa shape index (κ1) is 14.3. The summed E-state index contributed by atoms with van der Waals surface area (Å²) >= 11 is 0. The van der Waals surface area contributed by atoms with Crippen molar-refractivity contribution in [2.45, 2.75) is 71.1 Å². The summed E-state index contributed by atoms with van der Waals surface area (Å²) in [6.07, 6.45) is 14.6. The van der Waals surface area contributed by atoms with Gasteiger partial charge in [-0.15, -0.1) is 18.4 Å². The van der Waals surface area contributed by atoms with E-state index in [0.717, 1.165) is 12.8 Å². The first-order valence-electron chi connectivity index (χ1n) is 6.48. The largest absolute Gasteiger partial charge is 0.103 e. The Bertz CT molecular complexity index is 180. The molecule has 0 aromatic rings. The summed E-state index contributed by atoms with van der Waals surface area (Å²) in [5.74, 6) is 6.49. The topological polar surface area (TPSA) is 0 Å². The van der Waals surface area contributed by atoms with Gasteiger partial charge in [0.25, 0.3) is 0 Å². The molecule has 0 amide bonds. The van der Waals surface area contributed by atoms with E-state index in [2.05, 4.69) is 25.3 Å². The van der Waals surface area contributed by atoms with Crippen molar-refractivity contribution in [2.75, 3.05) is 0 Å². The van der Waals surface area contributed by atoms with Crippen LogP contribution in [0.4, 0.5) is 0 Å². The van der Waals surface area contributed by atoms with Crippen molar-refractivity contribution in [3.8, 4) is 11.8 Å². The molecule has 0 fully saturated rings. The Morgan fingerprint density at radius 1 is 0.867 bits per heavy atom. The van der Waals surface area contributed by atoms with Crippen molar-refractivity contribution >= 4 is 0 Å². The second-order valence-corrected chi connectivity index (χ2v) is 4.05. The predicted octanol–water partition coefficient (Wildman–Crippen LogP) is 5.10. The number of hydrogen-bond acceptors (Lipinski definition) is 0. The van der Waals surface area contributed by atoms with Crippen molar-refractivity contribution < 1.29 is 0 Å². The van der Waals surface area contributed by atoms with Crippen LogP contribution >= 0.6 is 0 Å². The molecule has 0 saturated carbocycles. The molecule has 0 unspecified atom stereocenters. The highest BCUT2D eigenvalue weighted by molar-refractivity contribution is 4.98. The molecule has 0 saturated heterocycles. The van der Waals surface area contributed by atoms with Crippen LogP contribution in [0.15, 0.2) is 12.7 Å². The van der Waals surface area contributed by atoms with Gasteiger partial charge in [-0.2, -0.15) is 0 Å². The van der Waals surface area contributed by atoms with Crippen LogP contribution in [-0.4, -0.2) is 0 Å². The summed E-state index contributed by atoms with van der Waals surface area (Å²) in [5, 5.41) is 0. The van der Waals surface area contributed by atoms with Crippen LogP contribution in [0.25, 0.3) is 0 Å². The molecule has 0 rings (SSSR count). The van der Waals surface area contributed by atoms with Gasteiger partial charge in [0, 0.05) is 12.8 Å². The van der Waals surface area contributed by atoms with Gasteiger partial charge in [-0.25, -0.2) is 0 Å². The quantitative estimate of drug-likeness (QED) is 0.280. The third-order valence-corrected chi connectivity index (χ3v) is 2.49. The molecule has 0 nitrogen and oxygen atoms in total. The first-order valence-corrected chi connectivity index (χ1v) is 6.48. The smallest absolute Gasteiger partial charge is 0.00886 e. The van der Waals surface area contributed by atoms with E-state index in [1.165, 1.54) is 51.4 Å². The van der Waals surface area contributed by atoms with Gasteiger partial charge in [0.05, 0.1) is 0 Å². The average Bonchev–Trinajstić information content (AvgIpc) is 2.26. The van der Waals surface area contributed by atoms with E-state index in [9.17, 15) is 0 Å². The van der Waals surface area contributed by atoms with E-state index in [1.807, 2.05) is 6.08 Å². The van der Waals surface area contributed by atoms with E-state index < -0.39 is 0 Å². The highest BCUT2D eigenvalue weighted by Gasteiger charge is 1.88. The lowest BCUT2D eigenvalue weighted by Crippen LogP contribution is -1.78. The van der Waals surface area contributed by atoms with Gasteiger partial charge >= 0.3 is 0 Å². The van der Waals surface area contributed by atoms with E-state index in [-0.39, 0.29) is 0 Å². The predicted molar refractivity (Wildman–Crippen MR) is 69.8 cm³/mol. The van der Waals surface area contributed by atoms with Crippen molar-refractivity contribution in [1.29, 1.82) is 0 Å². The van der Waals surface area contributed by atoms with Crippen molar-refractivity contribution in [2.24, 2.45) is 0 Å². The van der Waals surface area contributed by atoms with Crippen LogP contribution in [0, 0.1) is 11.8 Å². The van der Waals surface area contributed by atoms with Gasteiger partial charge in [0.15, 0.2) is 0 Å². The van der Waals surface area contributed by atoms with Gasteiger partial charge in [0.2, 0.25) is 0 Å². The zero-order chi connectivity index (χ0) is 11.2. The van der Waals surface area contributed by atoms with Crippen LogP contribution in [0.2, 0.25) is 0 Å². The summed E-state index contributed by atoms with van der Waals surface area (Å²) in [6.45, 7) is 5.94. The molecule has 0 heterocycles. The van der Waals surface area contributed by atoms with Gasteiger partial charge in [-0.1, -0.05) is 38.7 Å². The van der Waals surface area contributed by atoms with Crippen molar-refractivity contribution in [3.05, 3.63) is 12.7 Å². The Labute approximate surface area is 96.2 Å². The Hall–Kier alpha value is -0.700. The number of hydrogen-bond donors (Lipinski definition) is 0. The average molecular weight is 206 g/mol. The molecule has 0 aliphatic carbocycles. The Kier molecular flexibility index (Phi) is 12.7. The first-order chi connectivity index (χ1) is 7.41. The summed E-state index contributed by atoms with van der Waals surface area (Å²) in [4.78, 5) is 0. The molecule has 15 heavy (non-hydrogen) atoms. The zero-order valence-electron chi connectivity index (χ0n) is 10.4. The van der Waals surface area contributed by atoms with Crippen LogP contribution in [0.3, 0.4) is 0 Å². The van der Waals surface area contributed by atoms with E-state index in [1.54, 1.807) is 0 Å². The lowest BCUT2D eigenvalue weighted by Gasteiger charge is -1.96. The minimum Gasteiger partial charge on any atom is -0.103 e. The molecule has 0 spiro atoms. The van der Waals surface area contributed by atoms with Crippen LogP contribution in [0.5, 0.6) is 0 Å². The molecule has 0 aromatic heterocycles. The highest BCUT2D eigenvalue weighted by Crippen LogP contribution is 2.06. The second kappa shape index (κ2) is 13.3. The zero-order valence-corrected chi connectivity index (χ0v) is 10.4. The maximum atomic E-state index is 3.73. The molecule has 0 aliphatic rings. The Morgan fingerprint density at radius 2 is 1.47 bits per heavy atom. The fourth-order valence-electron chi connectivity index (χ4n) is 1.47. The lowest BCUT2D eigenvalue weighted by atomic mass is 10.1. The van der Waals surface area contributed by atoms with Crippen molar-refractivity contribution in [1.82, 2.24) is 0 Å². The third kappa shape index (κ3) is 13.3. The van der Waals surface area contributed by atoms with Crippen LogP contribution in [-0.2, 0) is 0 Å². The SMILES string of the molecule is C=CCCCCCCCC#CCCCC. The number of unbranched alkanes of at least 4 members (excludes halogenated alkanes) is 8. The molecule has 0 N–H and O–H groups in total. The second-order valence-electron chi connectivity index (χ2n) is 4.05. The van der Waals surface area contributed by atoms with Crippen LogP contribution in [0.1, 0.15) is 71.1 Å². The molecule has 0 radical (unpaired) electrons. The monoisotopic (exact) mass is 206 g/mol.